The van der Waals surface area contributed by atoms with E-state index in [1.54, 1.807) is 0 Å². The number of carboxylic acids is 2. The van der Waals surface area contributed by atoms with Crippen molar-refractivity contribution in [2.24, 2.45) is 11.6 Å². The molecule has 1 amide bonds. The molecule has 0 bridgehead atoms. The Kier molecular flexibility index (Phi) is 12.2. The lowest BCUT2D eigenvalue weighted by Crippen LogP contribution is -2.31. The van der Waals surface area contributed by atoms with Gasteiger partial charge in [-0.15, -0.1) is 0 Å². The summed E-state index contributed by atoms with van der Waals surface area (Å²) in [5, 5.41) is 14.2. The van der Waals surface area contributed by atoms with Crippen LogP contribution in [0.2, 0.25) is 0 Å². The molecule has 0 fully saturated rings. The van der Waals surface area contributed by atoms with Gasteiger partial charge >= 0.3 is 24.3 Å². The maximum absolute atomic E-state index is 10.6. The Bertz CT molecular complexity index is 319. The van der Waals surface area contributed by atoms with Crippen LogP contribution in [-0.2, 0) is 14.4 Å². The summed E-state index contributed by atoms with van der Waals surface area (Å²) in [5.74, 6) is -1.03. The van der Waals surface area contributed by atoms with Crippen LogP contribution in [0.1, 0.15) is 6.42 Å². The van der Waals surface area contributed by atoms with Gasteiger partial charge < -0.3 is 15.9 Å². The van der Waals surface area contributed by atoms with Crippen molar-refractivity contribution in [2.45, 2.75) is 18.8 Å². The maximum atomic E-state index is 10.6. The summed E-state index contributed by atoms with van der Waals surface area (Å²) >= 11 is 0. The van der Waals surface area contributed by atoms with Crippen molar-refractivity contribution in [1.29, 1.82) is 0 Å². The molecule has 14 heteroatoms. The topological polar surface area (TPSA) is 156 Å². The highest BCUT2D eigenvalue weighted by molar-refractivity contribution is 5.75. The molecular weight excluding hydrogens is 320 g/mol. The fourth-order valence-corrected chi connectivity index (χ4v) is 0.203. The third-order valence-electron chi connectivity index (χ3n) is 1.02. The van der Waals surface area contributed by atoms with Gasteiger partial charge in [-0.05, 0) is 0 Å². The van der Waals surface area contributed by atoms with Crippen LogP contribution in [0.15, 0.2) is 0 Å². The van der Waals surface area contributed by atoms with E-state index in [1.807, 2.05) is 5.43 Å². The van der Waals surface area contributed by atoms with Crippen molar-refractivity contribution in [3.8, 4) is 0 Å². The van der Waals surface area contributed by atoms with E-state index in [-0.39, 0.29) is 5.91 Å². The summed E-state index contributed by atoms with van der Waals surface area (Å²) in [6.45, 7) is 0.350. The summed E-state index contributed by atoms with van der Waals surface area (Å²) in [4.78, 5) is 27.9. The molecule has 0 aromatic rings. The van der Waals surface area contributed by atoms with Crippen molar-refractivity contribution >= 4 is 17.8 Å². The minimum Gasteiger partial charge on any atom is -0.475 e. The highest BCUT2D eigenvalue weighted by Crippen LogP contribution is 2.13. The minimum absolute atomic E-state index is 0.220. The van der Waals surface area contributed by atoms with Gasteiger partial charge in [0, 0.05) is 13.0 Å². The number of amides is 1. The van der Waals surface area contributed by atoms with Gasteiger partial charge in [-0.3, -0.25) is 10.2 Å². The second-order valence-corrected chi connectivity index (χ2v) is 2.71. The molecule has 0 spiro atoms. The number of carboxylic acid groups (broad SMARTS) is 2. The predicted octanol–water partition coefficient (Wildman–Crippen LogP) is -0.408. The van der Waals surface area contributed by atoms with E-state index in [2.05, 4.69) is 0 Å². The van der Waals surface area contributed by atoms with Crippen LogP contribution in [0.3, 0.4) is 0 Å². The van der Waals surface area contributed by atoms with Gasteiger partial charge in [0.05, 0.1) is 0 Å². The van der Waals surface area contributed by atoms with E-state index in [0.717, 1.165) is 0 Å². The lowest BCUT2D eigenvalue weighted by atomic mass is 10.4. The molecule has 21 heavy (non-hydrogen) atoms. The molecule has 0 aliphatic rings. The largest absolute Gasteiger partial charge is 0.490 e. The number of hydrazine groups is 1. The Labute approximate surface area is 112 Å². The molecule has 0 saturated heterocycles. The zero-order valence-corrected chi connectivity index (χ0v) is 9.96. The molecule has 0 aliphatic carbocycles. The molecule has 0 atom stereocenters. The molecule has 0 heterocycles. The van der Waals surface area contributed by atoms with Gasteiger partial charge in [-0.25, -0.2) is 15.4 Å². The highest BCUT2D eigenvalue weighted by atomic mass is 19.4. The van der Waals surface area contributed by atoms with E-state index < -0.39 is 24.3 Å². The first-order valence-corrected chi connectivity index (χ1v) is 4.49. The molecule has 0 aromatic heterocycles. The molecule has 126 valence electrons. The zero-order chi connectivity index (χ0) is 17.9. The van der Waals surface area contributed by atoms with Gasteiger partial charge in [-0.1, -0.05) is 0 Å². The fourth-order valence-electron chi connectivity index (χ4n) is 0.203. The summed E-state index contributed by atoms with van der Waals surface area (Å²) < 4.78 is 63.5. The van der Waals surface area contributed by atoms with E-state index in [1.165, 1.54) is 0 Å². The van der Waals surface area contributed by atoms with Crippen molar-refractivity contribution in [3.05, 3.63) is 0 Å². The van der Waals surface area contributed by atoms with Crippen LogP contribution < -0.4 is 17.0 Å². The second kappa shape index (κ2) is 10.7. The number of hydrogen-bond donors (Lipinski definition) is 5. The average Bonchev–Trinajstić information content (AvgIpc) is 2.28. The van der Waals surface area contributed by atoms with Crippen LogP contribution in [0.5, 0.6) is 0 Å². The minimum atomic E-state index is -5.08. The molecule has 8 nitrogen and oxygen atoms in total. The van der Waals surface area contributed by atoms with E-state index in [0.29, 0.717) is 13.0 Å². The number of alkyl halides is 6. The third kappa shape index (κ3) is 20.4. The zero-order valence-electron chi connectivity index (χ0n) is 9.96. The predicted molar refractivity (Wildman–Crippen MR) is 53.4 cm³/mol. The number of nitrogens with one attached hydrogen (secondary N) is 1. The molecule has 7 N–H and O–H groups in total. The van der Waals surface area contributed by atoms with Gasteiger partial charge in [0.15, 0.2) is 0 Å². The Morgan fingerprint density at radius 1 is 0.905 bits per heavy atom. The van der Waals surface area contributed by atoms with Crippen molar-refractivity contribution in [3.63, 3.8) is 0 Å². The summed E-state index contributed by atoms with van der Waals surface area (Å²) in [5.41, 5.74) is 6.94. The molecule has 0 aliphatic heterocycles. The number of nitrogens with two attached hydrogens (primary N) is 2. The standard InChI is InChI=1S/C3H9N3O.2C2HF3O2/c4-2-1-3(7)6-5;2*3-2(4,5)1(6)7/h1-2,4-5H2,(H,6,7);2*(H,6,7). The van der Waals surface area contributed by atoms with Crippen molar-refractivity contribution in [2.75, 3.05) is 6.54 Å². The van der Waals surface area contributed by atoms with Crippen LogP contribution in [0.25, 0.3) is 0 Å². The first-order valence-electron chi connectivity index (χ1n) is 4.49. The molecule has 0 saturated carbocycles. The fraction of sp³-hybridized carbons (Fsp3) is 0.571. The normalized spacial score (nSPS) is 10.3. The lowest BCUT2D eigenvalue weighted by molar-refractivity contribution is -0.193. The Balaban J connectivity index is -0.000000231. The van der Waals surface area contributed by atoms with Gasteiger partial charge in [0.1, 0.15) is 0 Å². The molecular formula is C7H11F6N3O5. The number of carbonyl (C=O) groups excluding carboxylic acids is 1. The number of aliphatic carboxylic acids is 2. The van der Waals surface area contributed by atoms with Gasteiger partial charge in [0.2, 0.25) is 5.91 Å². The van der Waals surface area contributed by atoms with E-state index in [9.17, 15) is 31.1 Å². The Morgan fingerprint density at radius 2 is 1.14 bits per heavy atom. The average molecular weight is 331 g/mol. The molecule has 0 radical (unpaired) electrons. The summed E-state index contributed by atoms with van der Waals surface area (Å²) in [6, 6.07) is 0. The van der Waals surface area contributed by atoms with Gasteiger partial charge in [-0.2, -0.15) is 26.3 Å². The highest BCUT2D eigenvalue weighted by Gasteiger charge is 2.38. The SMILES string of the molecule is NCCC(=O)NN.O=C(O)C(F)(F)F.O=C(O)C(F)(F)F. The quantitative estimate of drug-likeness (QED) is 0.199. The lowest BCUT2D eigenvalue weighted by Gasteiger charge is -1.93. The Morgan fingerprint density at radius 3 is 1.19 bits per heavy atom. The number of rotatable bonds is 2. The van der Waals surface area contributed by atoms with Crippen LogP contribution >= 0.6 is 0 Å². The summed E-state index contributed by atoms with van der Waals surface area (Å²) in [6.07, 6.45) is -9.86. The first kappa shape index (κ1) is 24.0. The van der Waals surface area contributed by atoms with Crippen LogP contribution in [-0.4, -0.2) is 47.0 Å². The van der Waals surface area contributed by atoms with E-state index in [4.69, 9.17) is 31.4 Å². The van der Waals surface area contributed by atoms with E-state index >= 15 is 0 Å². The van der Waals surface area contributed by atoms with Crippen LogP contribution in [0.4, 0.5) is 26.3 Å². The second-order valence-electron chi connectivity index (χ2n) is 2.71. The Hall–Kier alpha value is -2.09. The first-order chi connectivity index (χ1) is 9.19. The van der Waals surface area contributed by atoms with Crippen molar-refractivity contribution in [1.82, 2.24) is 5.43 Å². The molecule has 0 rings (SSSR count). The maximum Gasteiger partial charge on any atom is 0.490 e. The number of hydrogen-bond acceptors (Lipinski definition) is 5. The monoisotopic (exact) mass is 331 g/mol. The third-order valence-corrected chi connectivity index (χ3v) is 1.02. The number of halogens is 6. The van der Waals surface area contributed by atoms with Crippen LogP contribution in [0, 0.1) is 0 Å². The molecule has 0 unspecified atom stereocenters. The molecule has 0 aromatic carbocycles. The van der Waals surface area contributed by atoms with Gasteiger partial charge in [0.25, 0.3) is 0 Å². The smallest absolute Gasteiger partial charge is 0.475 e. The van der Waals surface area contributed by atoms with Crippen molar-refractivity contribution < 1.29 is 50.9 Å². The number of carbonyl (C=O) groups is 3. The summed E-state index contributed by atoms with van der Waals surface area (Å²) in [7, 11) is 0.